The molecule has 0 aliphatic heterocycles. The molecule has 0 aromatic heterocycles. The summed E-state index contributed by atoms with van der Waals surface area (Å²) in [5.74, 6) is 0.463. The molecule has 1 amide bonds. The zero-order valence-electron chi connectivity index (χ0n) is 19.5. The van der Waals surface area contributed by atoms with Crippen molar-refractivity contribution in [2.24, 2.45) is 0 Å². The number of aryl methyl sites for hydroxylation is 2. The van der Waals surface area contributed by atoms with Crippen LogP contribution in [-0.4, -0.2) is 41.1 Å². The molecule has 3 aromatic rings. The minimum atomic E-state index is -4.06. The van der Waals surface area contributed by atoms with Crippen molar-refractivity contribution in [2.45, 2.75) is 18.7 Å². The minimum Gasteiger partial charge on any atom is -0.495 e. The monoisotopic (exact) mass is 536 g/mol. The van der Waals surface area contributed by atoms with Crippen LogP contribution < -0.4 is 19.1 Å². The number of hydrogen-bond donors (Lipinski definition) is 1. The number of carbonyl (C=O) groups is 1. The van der Waals surface area contributed by atoms with Gasteiger partial charge in [-0.05, 0) is 61.9 Å². The highest BCUT2D eigenvalue weighted by molar-refractivity contribution is 7.92. The Morgan fingerprint density at radius 2 is 1.69 bits per heavy atom. The number of benzene rings is 3. The number of halogens is 2. The van der Waals surface area contributed by atoms with Gasteiger partial charge in [-0.25, -0.2) is 8.42 Å². The third kappa shape index (κ3) is 6.81. The quantitative estimate of drug-likeness (QED) is 0.368. The van der Waals surface area contributed by atoms with Gasteiger partial charge in [0, 0.05) is 5.02 Å². The maximum atomic E-state index is 13.5. The molecule has 3 aromatic carbocycles. The van der Waals surface area contributed by atoms with Gasteiger partial charge in [0.25, 0.3) is 10.0 Å². The van der Waals surface area contributed by atoms with E-state index in [0.717, 1.165) is 15.4 Å². The topological polar surface area (TPSA) is 84.9 Å². The molecule has 35 heavy (non-hydrogen) atoms. The summed E-state index contributed by atoms with van der Waals surface area (Å²) in [7, 11) is -2.60. The number of rotatable bonds is 10. The van der Waals surface area contributed by atoms with Crippen molar-refractivity contribution in [3.8, 4) is 11.5 Å². The molecule has 186 valence electrons. The van der Waals surface area contributed by atoms with E-state index < -0.39 is 22.5 Å². The fraction of sp³-hybridized carbons (Fsp3) is 0.240. The number of nitrogens with one attached hydrogen (secondary N) is 1. The van der Waals surface area contributed by atoms with Crippen molar-refractivity contribution in [3.05, 3.63) is 81.8 Å². The van der Waals surface area contributed by atoms with Crippen LogP contribution in [-0.2, 0) is 14.8 Å². The predicted octanol–water partition coefficient (Wildman–Crippen LogP) is 5.01. The molecule has 7 nitrogen and oxygen atoms in total. The molecule has 0 atom stereocenters. The summed E-state index contributed by atoms with van der Waals surface area (Å²) in [4.78, 5) is 12.8. The fourth-order valence-corrected chi connectivity index (χ4v) is 5.01. The normalized spacial score (nSPS) is 11.1. The molecule has 0 saturated carbocycles. The van der Waals surface area contributed by atoms with E-state index in [-0.39, 0.29) is 28.8 Å². The second kappa shape index (κ2) is 11.7. The summed E-state index contributed by atoms with van der Waals surface area (Å²) in [6, 6.07) is 16.2. The zero-order chi connectivity index (χ0) is 25.6. The van der Waals surface area contributed by atoms with Crippen LogP contribution in [0.2, 0.25) is 10.0 Å². The standard InChI is InChI=1S/C25H26Cl2N2O5S/c1-17-4-9-21(10-5-17)35(31,32)29(19-7-11-24(33-3)23(27)14-19)16-25(30)28-12-13-34-20-8-6-18(2)22(26)15-20/h4-11,14-15H,12-13,16H2,1-3H3,(H,28,30). The highest BCUT2D eigenvalue weighted by atomic mass is 35.5. The van der Waals surface area contributed by atoms with Crippen LogP contribution in [0.25, 0.3) is 0 Å². The number of sulfonamides is 1. The van der Waals surface area contributed by atoms with Crippen molar-refractivity contribution in [3.63, 3.8) is 0 Å². The van der Waals surface area contributed by atoms with Crippen molar-refractivity contribution in [1.29, 1.82) is 0 Å². The van der Waals surface area contributed by atoms with Crippen LogP contribution in [0.3, 0.4) is 0 Å². The summed E-state index contributed by atoms with van der Waals surface area (Å²) >= 11 is 12.3. The lowest BCUT2D eigenvalue weighted by atomic mass is 10.2. The molecule has 0 spiro atoms. The molecular weight excluding hydrogens is 511 g/mol. The number of nitrogens with zero attached hydrogens (tertiary/aromatic N) is 1. The first-order valence-corrected chi connectivity index (χ1v) is 12.9. The van der Waals surface area contributed by atoms with Gasteiger partial charge in [0.15, 0.2) is 0 Å². The molecule has 3 rings (SSSR count). The van der Waals surface area contributed by atoms with E-state index in [1.165, 1.54) is 31.4 Å². The maximum absolute atomic E-state index is 13.5. The summed E-state index contributed by atoms with van der Waals surface area (Å²) in [6.45, 7) is 3.65. The van der Waals surface area contributed by atoms with Crippen molar-refractivity contribution in [1.82, 2.24) is 5.32 Å². The highest BCUT2D eigenvalue weighted by Crippen LogP contribution is 2.32. The number of hydrogen-bond acceptors (Lipinski definition) is 5. The van der Waals surface area contributed by atoms with E-state index in [2.05, 4.69) is 5.32 Å². The average Bonchev–Trinajstić information content (AvgIpc) is 2.82. The van der Waals surface area contributed by atoms with Gasteiger partial charge in [-0.15, -0.1) is 0 Å². The van der Waals surface area contributed by atoms with Gasteiger partial charge in [0.1, 0.15) is 24.7 Å². The lowest BCUT2D eigenvalue weighted by Gasteiger charge is -2.24. The lowest BCUT2D eigenvalue weighted by Crippen LogP contribution is -2.42. The van der Waals surface area contributed by atoms with Crippen LogP contribution in [0.5, 0.6) is 11.5 Å². The second-order valence-electron chi connectivity index (χ2n) is 7.75. The van der Waals surface area contributed by atoms with Gasteiger partial charge in [-0.3, -0.25) is 9.10 Å². The van der Waals surface area contributed by atoms with Crippen molar-refractivity contribution in [2.75, 3.05) is 31.1 Å². The van der Waals surface area contributed by atoms with Crippen LogP contribution in [0.15, 0.2) is 65.6 Å². The zero-order valence-corrected chi connectivity index (χ0v) is 21.9. The molecule has 10 heteroatoms. The van der Waals surface area contributed by atoms with E-state index in [1.54, 1.807) is 30.3 Å². The highest BCUT2D eigenvalue weighted by Gasteiger charge is 2.27. The van der Waals surface area contributed by atoms with E-state index in [0.29, 0.717) is 16.5 Å². The van der Waals surface area contributed by atoms with E-state index in [1.807, 2.05) is 19.9 Å². The van der Waals surface area contributed by atoms with Gasteiger partial charge in [0.05, 0.1) is 29.3 Å². The number of anilines is 1. The third-order valence-corrected chi connectivity index (χ3v) is 7.65. The van der Waals surface area contributed by atoms with Gasteiger partial charge >= 0.3 is 0 Å². The largest absolute Gasteiger partial charge is 0.495 e. The first-order chi connectivity index (χ1) is 16.6. The fourth-order valence-electron chi connectivity index (χ4n) is 3.17. The summed E-state index contributed by atoms with van der Waals surface area (Å²) in [5, 5.41) is 3.50. The Labute approximate surface area is 215 Å². The molecule has 0 fully saturated rings. The number of amides is 1. The number of carbonyl (C=O) groups excluding carboxylic acids is 1. The molecule has 0 bridgehead atoms. The molecular formula is C25H26Cl2N2O5S. The number of ether oxygens (including phenoxy) is 2. The maximum Gasteiger partial charge on any atom is 0.264 e. The van der Waals surface area contributed by atoms with Crippen LogP contribution in [0.4, 0.5) is 5.69 Å². The Kier molecular flexibility index (Phi) is 8.88. The van der Waals surface area contributed by atoms with Gasteiger partial charge < -0.3 is 14.8 Å². The Morgan fingerprint density at radius 1 is 0.971 bits per heavy atom. The molecule has 0 aliphatic carbocycles. The van der Waals surface area contributed by atoms with E-state index >= 15 is 0 Å². The van der Waals surface area contributed by atoms with E-state index in [4.69, 9.17) is 32.7 Å². The van der Waals surface area contributed by atoms with Gasteiger partial charge in [-0.2, -0.15) is 0 Å². The summed E-state index contributed by atoms with van der Waals surface area (Å²) in [6.07, 6.45) is 0. The summed E-state index contributed by atoms with van der Waals surface area (Å²) in [5.41, 5.74) is 2.08. The Balaban J connectivity index is 1.74. The Bertz CT molecular complexity index is 1300. The van der Waals surface area contributed by atoms with Gasteiger partial charge in [0.2, 0.25) is 5.91 Å². The van der Waals surface area contributed by atoms with E-state index in [9.17, 15) is 13.2 Å². The third-order valence-electron chi connectivity index (χ3n) is 5.16. The minimum absolute atomic E-state index is 0.0578. The molecule has 0 unspecified atom stereocenters. The van der Waals surface area contributed by atoms with Crippen molar-refractivity contribution < 1.29 is 22.7 Å². The molecule has 0 heterocycles. The number of methoxy groups -OCH3 is 1. The first-order valence-electron chi connectivity index (χ1n) is 10.7. The molecule has 0 aliphatic rings. The first kappa shape index (κ1) is 26.7. The van der Waals surface area contributed by atoms with Crippen LogP contribution in [0, 0.1) is 13.8 Å². The second-order valence-corrected chi connectivity index (χ2v) is 10.4. The Morgan fingerprint density at radius 3 is 2.31 bits per heavy atom. The SMILES string of the molecule is COc1ccc(N(CC(=O)NCCOc2ccc(C)c(Cl)c2)S(=O)(=O)c2ccc(C)cc2)cc1Cl. The smallest absolute Gasteiger partial charge is 0.264 e. The molecule has 0 saturated heterocycles. The van der Waals surface area contributed by atoms with Crippen LogP contribution >= 0.6 is 23.2 Å². The van der Waals surface area contributed by atoms with Crippen LogP contribution in [0.1, 0.15) is 11.1 Å². The summed E-state index contributed by atoms with van der Waals surface area (Å²) < 4.78 is 38.7. The average molecular weight is 537 g/mol. The molecule has 1 N–H and O–H groups in total. The molecule has 0 radical (unpaired) electrons. The Hall–Kier alpha value is -2.94. The van der Waals surface area contributed by atoms with Crippen molar-refractivity contribution >= 4 is 44.8 Å². The predicted molar refractivity (Wildman–Crippen MR) is 138 cm³/mol. The lowest BCUT2D eigenvalue weighted by molar-refractivity contribution is -0.119. The van der Waals surface area contributed by atoms with Gasteiger partial charge in [-0.1, -0.05) is 47.0 Å².